The average Bonchev–Trinajstić information content (AvgIpc) is 2.37. The van der Waals surface area contributed by atoms with Crippen LogP contribution in [0.4, 0.5) is 0 Å². The molecule has 1 heterocycles. The van der Waals surface area contributed by atoms with Crippen molar-refractivity contribution in [1.82, 2.24) is 0 Å². The van der Waals surface area contributed by atoms with E-state index >= 15 is 0 Å². The molecule has 1 aromatic carbocycles. The highest BCUT2D eigenvalue weighted by molar-refractivity contribution is 8.00. The Hall–Kier alpha value is -0.510. The lowest BCUT2D eigenvalue weighted by molar-refractivity contribution is 0.0999. The Kier molecular flexibility index (Phi) is 4.89. The van der Waals surface area contributed by atoms with E-state index in [0.29, 0.717) is 17.0 Å². The van der Waals surface area contributed by atoms with Crippen molar-refractivity contribution in [2.24, 2.45) is 5.73 Å². The van der Waals surface area contributed by atoms with Gasteiger partial charge in [-0.3, -0.25) is 0 Å². The van der Waals surface area contributed by atoms with Gasteiger partial charge in [-0.15, -0.1) is 11.8 Å². The molecule has 3 heteroatoms. The van der Waals surface area contributed by atoms with Gasteiger partial charge in [0.2, 0.25) is 0 Å². The van der Waals surface area contributed by atoms with Crippen LogP contribution in [0.1, 0.15) is 29.2 Å². The first-order valence-corrected chi connectivity index (χ1v) is 7.23. The molecule has 0 amide bonds. The maximum atomic E-state index is 5.92. The van der Waals surface area contributed by atoms with E-state index in [4.69, 9.17) is 10.5 Å². The first-order valence-electron chi connectivity index (χ1n) is 6.29. The second-order valence-electron chi connectivity index (χ2n) is 4.59. The van der Waals surface area contributed by atoms with E-state index in [1.807, 2.05) is 11.8 Å². The number of rotatable bonds is 4. The van der Waals surface area contributed by atoms with Gasteiger partial charge in [-0.05, 0) is 25.3 Å². The molecule has 1 atom stereocenters. The molecule has 2 N–H and O–H groups in total. The maximum Gasteiger partial charge on any atom is 0.0476 e. The highest BCUT2D eigenvalue weighted by Crippen LogP contribution is 2.35. The quantitative estimate of drug-likeness (QED) is 0.893. The van der Waals surface area contributed by atoms with Crippen LogP contribution >= 0.6 is 11.8 Å². The summed E-state index contributed by atoms with van der Waals surface area (Å²) in [5, 5.41) is 1.14. The highest BCUT2D eigenvalue weighted by atomic mass is 32.2. The standard InChI is InChI=1S/C14H21NOS/c1-11-3-2-4-12(9-11)14(10-15)17-13-5-7-16-8-6-13/h2-4,9,13-14H,5-8,10,15H2,1H3. The lowest BCUT2D eigenvalue weighted by Crippen LogP contribution is -2.21. The fraction of sp³-hybridized carbons (Fsp3) is 0.571. The van der Waals surface area contributed by atoms with E-state index in [0.717, 1.165) is 26.1 Å². The predicted octanol–water partition coefficient (Wildman–Crippen LogP) is 2.91. The third kappa shape index (κ3) is 3.73. The van der Waals surface area contributed by atoms with Crippen molar-refractivity contribution in [2.45, 2.75) is 30.3 Å². The summed E-state index contributed by atoms with van der Waals surface area (Å²) < 4.78 is 5.40. The molecule has 2 nitrogen and oxygen atoms in total. The first kappa shape index (κ1) is 12.9. The Morgan fingerprint density at radius 3 is 2.82 bits per heavy atom. The first-order chi connectivity index (χ1) is 8.29. The van der Waals surface area contributed by atoms with E-state index in [1.165, 1.54) is 11.1 Å². The topological polar surface area (TPSA) is 35.2 Å². The lowest BCUT2D eigenvalue weighted by atomic mass is 10.1. The van der Waals surface area contributed by atoms with Gasteiger partial charge in [-0.25, -0.2) is 0 Å². The Balaban J connectivity index is 2.00. The minimum absolute atomic E-state index is 0.429. The SMILES string of the molecule is Cc1cccc(C(CN)SC2CCOCC2)c1. The molecule has 0 spiro atoms. The Morgan fingerprint density at radius 1 is 1.41 bits per heavy atom. The third-order valence-corrected chi connectivity index (χ3v) is 4.80. The van der Waals surface area contributed by atoms with Crippen LogP contribution in [0.2, 0.25) is 0 Å². The Morgan fingerprint density at radius 2 is 2.18 bits per heavy atom. The smallest absolute Gasteiger partial charge is 0.0476 e. The van der Waals surface area contributed by atoms with Gasteiger partial charge in [0.05, 0.1) is 0 Å². The largest absolute Gasteiger partial charge is 0.381 e. The molecule has 1 aromatic rings. The van der Waals surface area contributed by atoms with Crippen molar-refractivity contribution in [2.75, 3.05) is 19.8 Å². The molecule has 1 unspecified atom stereocenters. The number of hydrogen-bond acceptors (Lipinski definition) is 3. The molecule has 0 aliphatic carbocycles. The van der Waals surface area contributed by atoms with Crippen molar-refractivity contribution in [3.8, 4) is 0 Å². The summed E-state index contributed by atoms with van der Waals surface area (Å²) in [6.07, 6.45) is 2.32. The zero-order chi connectivity index (χ0) is 12.1. The number of thioether (sulfide) groups is 1. The number of aryl methyl sites for hydroxylation is 1. The van der Waals surface area contributed by atoms with Gasteiger partial charge in [-0.1, -0.05) is 29.8 Å². The van der Waals surface area contributed by atoms with Crippen LogP contribution in [0, 0.1) is 6.92 Å². The molecule has 0 saturated carbocycles. The lowest BCUT2D eigenvalue weighted by Gasteiger charge is -2.26. The highest BCUT2D eigenvalue weighted by Gasteiger charge is 2.20. The molecule has 1 aliphatic heterocycles. The fourth-order valence-corrected chi connectivity index (χ4v) is 3.53. The predicted molar refractivity (Wildman–Crippen MR) is 74.4 cm³/mol. The summed E-state index contributed by atoms with van der Waals surface area (Å²) in [4.78, 5) is 0. The Bertz CT molecular complexity index is 350. The summed E-state index contributed by atoms with van der Waals surface area (Å²) >= 11 is 2.02. The number of benzene rings is 1. The van der Waals surface area contributed by atoms with Gasteiger partial charge in [0.1, 0.15) is 0 Å². The third-order valence-electron chi connectivity index (χ3n) is 3.15. The van der Waals surface area contributed by atoms with Gasteiger partial charge in [-0.2, -0.15) is 0 Å². The number of nitrogens with two attached hydrogens (primary N) is 1. The Labute approximate surface area is 108 Å². The normalized spacial score (nSPS) is 19.2. The molecule has 1 aliphatic rings. The molecule has 17 heavy (non-hydrogen) atoms. The van der Waals surface area contributed by atoms with Gasteiger partial charge < -0.3 is 10.5 Å². The second-order valence-corrected chi connectivity index (χ2v) is 6.09. The molecule has 2 rings (SSSR count). The van der Waals surface area contributed by atoms with Crippen LogP contribution in [-0.2, 0) is 4.74 Å². The second kappa shape index (κ2) is 6.43. The summed E-state index contributed by atoms with van der Waals surface area (Å²) in [7, 11) is 0. The van der Waals surface area contributed by atoms with Gasteiger partial charge in [0, 0.05) is 30.3 Å². The molecule has 0 aromatic heterocycles. The average molecular weight is 251 g/mol. The van der Waals surface area contributed by atoms with Crippen molar-refractivity contribution < 1.29 is 4.74 Å². The molecule has 1 fully saturated rings. The molecule has 0 radical (unpaired) electrons. The van der Waals surface area contributed by atoms with Crippen molar-refractivity contribution in [3.63, 3.8) is 0 Å². The molecule has 94 valence electrons. The van der Waals surface area contributed by atoms with E-state index in [1.54, 1.807) is 0 Å². The van der Waals surface area contributed by atoms with Crippen LogP contribution in [0.25, 0.3) is 0 Å². The zero-order valence-corrected chi connectivity index (χ0v) is 11.2. The van der Waals surface area contributed by atoms with Crippen LogP contribution in [0.15, 0.2) is 24.3 Å². The van der Waals surface area contributed by atoms with E-state index in [-0.39, 0.29) is 0 Å². The molecule has 1 saturated heterocycles. The van der Waals surface area contributed by atoms with Crippen LogP contribution < -0.4 is 5.73 Å². The molecular weight excluding hydrogens is 230 g/mol. The monoisotopic (exact) mass is 251 g/mol. The van der Waals surface area contributed by atoms with E-state index in [2.05, 4.69) is 31.2 Å². The van der Waals surface area contributed by atoms with Crippen LogP contribution in [-0.4, -0.2) is 25.0 Å². The minimum Gasteiger partial charge on any atom is -0.381 e. The summed E-state index contributed by atoms with van der Waals surface area (Å²) in [6.45, 7) is 4.66. The van der Waals surface area contributed by atoms with Gasteiger partial charge in [0.15, 0.2) is 0 Å². The van der Waals surface area contributed by atoms with Gasteiger partial charge >= 0.3 is 0 Å². The molecule has 0 bridgehead atoms. The molecular formula is C14H21NOS. The summed E-state index contributed by atoms with van der Waals surface area (Å²) in [5.74, 6) is 0. The van der Waals surface area contributed by atoms with Crippen molar-refractivity contribution in [3.05, 3.63) is 35.4 Å². The van der Waals surface area contributed by atoms with Gasteiger partial charge in [0.25, 0.3) is 0 Å². The van der Waals surface area contributed by atoms with Crippen LogP contribution in [0.3, 0.4) is 0 Å². The minimum atomic E-state index is 0.429. The number of ether oxygens (including phenoxy) is 1. The van der Waals surface area contributed by atoms with E-state index < -0.39 is 0 Å². The van der Waals surface area contributed by atoms with Crippen molar-refractivity contribution in [1.29, 1.82) is 0 Å². The fourth-order valence-electron chi connectivity index (χ4n) is 2.18. The van der Waals surface area contributed by atoms with E-state index in [9.17, 15) is 0 Å². The zero-order valence-electron chi connectivity index (χ0n) is 10.4. The summed E-state index contributed by atoms with van der Waals surface area (Å²) in [6, 6.07) is 8.70. The van der Waals surface area contributed by atoms with Crippen molar-refractivity contribution >= 4 is 11.8 Å². The number of hydrogen-bond donors (Lipinski definition) is 1. The van der Waals surface area contributed by atoms with Crippen LogP contribution in [0.5, 0.6) is 0 Å². The summed E-state index contributed by atoms with van der Waals surface area (Å²) in [5.41, 5.74) is 8.60. The maximum absolute atomic E-state index is 5.92.